The van der Waals surface area contributed by atoms with E-state index in [9.17, 15) is 0 Å². The summed E-state index contributed by atoms with van der Waals surface area (Å²) in [5, 5.41) is 0. The molecule has 0 saturated heterocycles. The van der Waals surface area contributed by atoms with Crippen LogP contribution in [0.3, 0.4) is 0 Å². The largest absolute Gasteiger partial charge is 0.459 e. The summed E-state index contributed by atoms with van der Waals surface area (Å²) in [6, 6.07) is 9.24. The first-order valence-electron chi connectivity index (χ1n) is 13.0. The lowest BCUT2D eigenvalue weighted by molar-refractivity contribution is -0.228. The maximum Gasteiger partial charge on any atom is 0.233 e. The van der Waals surface area contributed by atoms with Crippen LogP contribution < -0.4 is 9.47 Å². The molecular weight excluding hydrogens is 662 g/mol. The van der Waals surface area contributed by atoms with Gasteiger partial charge in [0.25, 0.3) is 0 Å². The summed E-state index contributed by atoms with van der Waals surface area (Å²) >= 11 is 4.93. The first-order valence-corrected chi connectivity index (χ1v) is 16.0. The SMILES string of the molecule is CC(C)(C)c1cc(CCCCI)cc2c1OC1OC2Oc2c1cc(CCCCI)cc2C(C)(C)C. The second kappa shape index (κ2) is 11.1. The number of benzene rings is 2. The minimum Gasteiger partial charge on any atom is -0.459 e. The van der Waals surface area contributed by atoms with Gasteiger partial charge >= 0.3 is 0 Å². The second-order valence-electron chi connectivity index (χ2n) is 12.0. The maximum atomic E-state index is 6.71. The molecule has 0 radical (unpaired) electrons. The highest BCUT2D eigenvalue weighted by Crippen LogP contribution is 2.53. The zero-order chi connectivity index (χ0) is 25.4. The first-order chi connectivity index (χ1) is 16.5. The van der Waals surface area contributed by atoms with Gasteiger partial charge in [0, 0.05) is 11.1 Å². The summed E-state index contributed by atoms with van der Waals surface area (Å²) < 4.78 is 22.2. The third-order valence-electron chi connectivity index (χ3n) is 6.87. The summed E-state index contributed by atoms with van der Waals surface area (Å²) in [6.07, 6.45) is 6.12. The lowest BCUT2D eigenvalue weighted by Gasteiger charge is -2.42. The Morgan fingerprint density at radius 3 is 1.37 bits per heavy atom. The molecule has 0 fully saturated rings. The van der Waals surface area contributed by atoms with Crippen molar-refractivity contribution in [3.8, 4) is 11.5 Å². The summed E-state index contributed by atoms with van der Waals surface area (Å²) in [4.78, 5) is 0. The van der Waals surface area contributed by atoms with E-state index in [0.717, 1.165) is 35.5 Å². The Kier molecular flexibility index (Phi) is 8.69. The fourth-order valence-electron chi connectivity index (χ4n) is 4.95. The van der Waals surface area contributed by atoms with Gasteiger partial charge in [-0.2, -0.15) is 0 Å². The molecule has 2 bridgehead atoms. The number of halogens is 2. The predicted molar refractivity (Wildman–Crippen MR) is 162 cm³/mol. The van der Waals surface area contributed by atoms with E-state index in [2.05, 4.69) is 111 Å². The van der Waals surface area contributed by atoms with Gasteiger partial charge in [0.15, 0.2) is 0 Å². The lowest BCUT2D eigenvalue weighted by atomic mass is 9.81. The fraction of sp³-hybridized carbons (Fsp3) is 0.600. The van der Waals surface area contributed by atoms with Gasteiger partial charge in [-0.1, -0.05) is 98.9 Å². The van der Waals surface area contributed by atoms with Crippen LogP contribution in [-0.2, 0) is 28.4 Å². The Hall–Kier alpha value is -0.540. The molecule has 5 heteroatoms. The Bertz CT molecular complexity index is 966. The van der Waals surface area contributed by atoms with Crippen molar-refractivity contribution in [2.45, 2.75) is 103 Å². The molecule has 0 aliphatic carbocycles. The monoisotopic (exact) mass is 702 g/mol. The highest BCUT2D eigenvalue weighted by Gasteiger charge is 2.42. The van der Waals surface area contributed by atoms with E-state index in [1.807, 2.05) is 0 Å². The molecule has 2 atom stereocenters. The van der Waals surface area contributed by atoms with Gasteiger partial charge in [-0.05, 0) is 81.5 Å². The van der Waals surface area contributed by atoms with Crippen LogP contribution in [0.1, 0.15) is 113 Å². The molecule has 0 N–H and O–H groups in total. The number of alkyl halides is 2. The maximum absolute atomic E-state index is 6.71. The predicted octanol–water partition coefficient (Wildman–Crippen LogP) is 9.30. The van der Waals surface area contributed by atoms with Crippen LogP contribution in [-0.4, -0.2) is 8.86 Å². The Balaban J connectivity index is 1.77. The molecule has 2 aliphatic heterocycles. The van der Waals surface area contributed by atoms with Gasteiger partial charge in [0.1, 0.15) is 11.5 Å². The van der Waals surface area contributed by atoms with E-state index in [-0.39, 0.29) is 10.8 Å². The molecule has 2 unspecified atom stereocenters. The van der Waals surface area contributed by atoms with E-state index in [4.69, 9.17) is 14.2 Å². The van der Waals surface area contributed by atoms with Gasteiger partial charge < -0.3 is 9.47 Å². The highest BCUT2D eigenvalue weighted by molar-refractivity contribution is 14.1. The molecule has 0 amide bonds. The van der Waals surface area contributed by atoms with E-state index < -0.39 is 12.6 Å². The van der Waals surface area contributed by atoms with E-state index in [1.165, 1.54) is 56.8 Å². The molecule has 2 aromatic rings. The van der Waals surface area contributed by atoms with Gasteiger partial charge in [0.05, 0.1) is 11.1 Å². The zero-order valence-corrected chi connectivity index (χ0v) is 26.4. The summed E-state index contributed by atoms with van der Waals surface area (Å²) in [5.41, 5.74) is 7.20. The smallest absolute Gasteiger partial charge is 0.233 e. The number of hydrogen-bond donors (Lipinski definition) is 0. The topological polar surface area (TPSA) is 27.7 Å². The molecule has 0 spiro atoms. The third-order valence-corrected chi connectivity index (χ3v) is 8.40. The van der Waals surface area contributed by atoms with Crippen molar-refractivity contribution in [3.63, 3.8) is 0 Å². The van der Waals surface area contributed by atoms with Crippen molar-refractivity contribution in [1.82, 2.24) is 0 Å². The number of fused-ring (bicyclic) bond motifs is 6. The van der Waals surface area contributed by atoms with Crippen LogP contribution in [0.2, 0.25) is 0 Å². The van der Waals surface area contributed by atoms with E-state index in [1.54, 1.807) is 0 Å². The Morgan fingerprint density at radius 2 is 1.03 bits per heavy atom. The van der Waals surface area contributed by atoms with Gasteiger partial charge in [0.2, 0.25) is 12.6 Å². The molecule has 2 aliphatic rings. The Morgan fingerprint density at radius 1 is 0.629 bits per heavy atom. The molecule has 0 aromatic heterocycles. The van der Waals surface area contributed by atoms with Crippen molar-refractivity contribution in [2.24, 2.45) is 0 Å². The van der Waals surface area contributed by atoms with Crippen molar-refractivity contribution in [3.05, 3.63) is 57.6 Å². The van der Waals surface area contributed by atoms with E-state index >= 15 is 0 Å². The number of rotatable bonds is 8. The van der Waals surface area contributed by atoms with Crippen LogP contribution in [0.25, 0.3) is 0 Å². The molecule has 35 heavy (non-hydrogen) atoms. The zero-order valence-electron chi connectivity index (χ0n) is 22.1. The number of hydrogen-bond acceptors (Lipinski definition) is 3. The number of aryl methyl sites for hydroxylation is 2. The molecule has 192 valence electrons. The number of unbranched alkanes of at least 4 members (excludes halogenated alkanes) is 2. The minimum absolute atomic E-state index is 0.0321. The summed E-state index contributed by atoms with van der Waals surface area (Å²) in [6.45, 7) is 13.6. The molecule has 0 saturated carbocycles. The first kappa shape index (κ1) is 27.5. The quantitative estimate of drug-likeness (QED) is 0.156. The van der Waals surface area contributed by atoms with Crippen molar-refractivity contribution in [2.75, 3.05) is 8.86 Å². The summed E-state index contributed by atoms with van der Waals surface area (Å²) in [7, 11) is 0. The molecular formula is C30H40I2O3. The number of ether oxygens (including phenoxy) is 3. The van der Waals surface area contributed by atoms with Crippen LogP contribution in [0.4, 0.5) is 0 Å². The van der Waals surface area contributed by atoms with Crippen molar-refractivity contribution in [1.29, 1.82) is 0 Å². The van der Waals surface area contributed by atoms with Gasteiger partial charge in [-0.25, -0.2) is 0 Å². The highest BCUT2D eigenvalue weighted by atomic mass is 127. The normalized spacial score (nSPS) is 19.0. The molecule has 3 nitrogen and oxygen atoms in total. The third kappa shape index (κ3) is 6.14. The second-order valence-corrected chi connectivity index (χ2v) is 14.1. The lowest BCUT2D eigenvalue weighted by Crippen LogP contribution is -2.33. The Labute approximate surface area is 239 Å². The van der Waals surface area contributed by atoms with Crippen LogP contribution >= 0.6 is 45.2 Å². The van der Waals surface area contributed by atoms with E-state index in [0.29, 0.717) is 0 Å². The molecule has 4 rings (SSSR count). The fourth-order valence-corrected chi connectivity index (χ4v) is 6.02. The van der Waals surface area contributed by atoms with Gasteiger partial charge in [-0.3, -0.25) is 4.74 Å². The van der Waals surface area contributed by atoms with Crippen LogP contribution in [0, 0.1) is 0 Å². The van der Waals surface area contributed by atoms with Crippen molar-refractivity contribution >= 4 is 45.2 Å². The standard InChI is InChI=1S/C30H40I2O3/c1-29(2,3)23-17-19(11-7-9-13-31)15-21-25(23)33-28-22-16-20(12-8-10-14-32)18-24(30(4,5)6)26(22)34-27(21)35-28/h15-18,27-28H,7-14H2,1-6H3. The summed E-state index contributed by atoms with van der Waals surface area (Å²) in [5.74, 6) is 1.91. The molecule has 2 aromatic carbocycles. The van der Waals surface area contributed by atoms with Gasteiger partial charge in [-0.15, -0.1) is 0 Å². The molecule has 2 heterocycles. The minimum atomic E-state index is -0.437. The van der Waals surface area contributed by atoms with Crippen LogP contribution in [0.15, 0.2) is 24.3 Å². The van der Waals surface area contributed by atoms with Crippen molar-refractivity contribution < 1.29 is 14.2 Å². The van der Waals surface area contributed by atoms with Crippen LogP contribution in [0.5, 0.6) is 11.5 Å². The average molecular weight is 702 g/mol. The average Bonchev–Trinajstić information content (AvgIpc) is 2.78.